The summed E-state index contributed by atoms with van der Waals surface area (Å²) in [5.74, 6) is 1.81. The summed E-state index contributed by atoms with van der Waals surface area (Å²) in [5.41, 5.74) is 7.32. The molecule has 1 aliphatic rings. The predicted molar refractivity (Wildman–Crippen MR) is 112 cm³/mol. The summed E-state index contributed by atoms with van der Waals surface area (Å²) < 4.78 is 0. The van der Waals surface area contributed by atoms with E-state index in [1.165, 1.54) is 36.0 Å². The van der Waals surface area contributed by atoms with Crippen molar-refractivity contribution in [2.24, 2.45) is 0 Å². The Balaban J connectivity index is 2.68. The predicted octanol–water partition coefficient (Wildman–Crippen LogP) is 7.16. The molecular formula is C23H33OP. The van der Waals surface area contributed by atoms with E-state index in [-0.39, 0.29) is 0 Å². The van der Waals surface area contributed by atoms with Crippen molar-refractivity contribution in [1.82, 2.24) is 0 Å². The molecule has 0 fully saturated rings. The lowest BCUT2D eigenvalue weighted by atomic mass is 9.83. The minimum absolute atomic E-state index is 0.300. The van der Waals surface area contributed by atoms with Crippen LogP contribution in [0.4, 0.5) is 0 Å². The van der Waals surface area contributed by atoms with Gasteiger partial charge in [-0.3, -0.25) is 4.79 Å². The van der Waals surface area contributed by atoms with Crippen LogP contribution in [0.25, 0.3) is 0 Å². The molecule has 0 amide bonds. The molecule has 0 saturated heterocycles. The largest absolute Gasteiger partial charge is 0.294 e. The first kappa shape index (κ1) is 20.1. The van der Waals surface area contributed by atoms with Crippen molar-refractivity contribution in [3.05, 3.63) is 46.0 Å². The Bertz CT molecular complexity index is 691. The summed E-state index contributed by atoms with van der Waals surface area (Å²) in [6, 6.07) is 4.82. The molecule has 1 heterocycles. The zero-order chi connectivity index (χ0) is 18.9. The van der Waals surface area contributed by atoms with Gasteiger partial charge in [0.05, 0.1) is 0 Å². The fourth-order valence-corrected chi connectivity index (χ4v) is 5.14. The van der Waals surface area contributed by atoms with E-state index in [0.717, 1.165) is 5.29 Å². The molecule has 25 heavy (non-hydrogen) atoms. The number of rotatable bonds is 6. The van der Waals surface area contributed by atoms with E-state index in [1.54, 1.807) is 0 Å². The minimum atomic E-state index is 0.300. The lowest BCUT2D eigenvalue weighted by Gasteiger charge is -2.25. The van der Waals surface area contributed by atoms with Gasteiger partial charge >= 0.3 is 0 Å². The lowest BCUT2D eigenvalue weighted by molar-refractivity contribution is -0.112. The number of ketones is 1. The number of Topliss-reactive ketones (excluding diaryl/α,β-unsaturated/α-hetero) is 1. The third kappa shape index (κ3) is 4.14. The van der Waals surface area contributed by atoms with Gasteiger partial charge in [0.2, 0.25) is 0 Å². The highest BCUT2D eigenvalue weighted by atomic mass is 31.1. The van der Waals surface area contributed by atoms with Gasteiger partial charge in [-0.1, -0.05) is 74.9 Å². The Kier molecular flexibility index (Phi) is 6.44. The van der Waals surface area contributed by atoms with E-state index >= 15 is 0 Å². The Morgan fingerprint density at radius 1 is 1.00 bits per heavy atom. The molecule has 1 aromatic rings. The van der Waals surface area contributed by atoms with Gasteiger partial charge in [-0.05, 0) is 52.5 Å². The van der Waals surface area contributed by atoms with Gasteiger partial charge in [0.1, 0.15) is 0 Å². The van der Waals surface area contributed by atoms with Crippen LogP contribution in [0.15, 0.2) is 23.8 Å². The molecule has 0 saturated carbocycles. The van der Waals surface area contributed by atoms with Gasteiger partial charge in [-0.2, -0.15) is 0 Å². The number of hydrogen-bond donors (Lipinski definition) is 0. The maximum atomic E-state index is 12.3. The van der Waals surface area contributed by atoms with Crippen molar-refractivity contribution in [3.63, 3.8) is 0 Å². The molecule has 1 atom stereocenters. The summed E-state index contributed by atoms with van der Waals surface area (Å²) in [4.78, 5) is 12.3. The molecule has 0 spiro atoms. The van der Waals surface area contributed by atoms with Gasteiger partial charge in [-0.25, -0.2) is 0 Å². The number of hydrogen-bond acceptors (Lipinski definition) is 1. The van der Waals surface area contributed by atoms with Crippen molar-refractivity contribution in [2.45, 2.75) is 85.2 Å². The summed E-state index contributed by atoms with van der Waals surface area (Å²) in [5, 5.41) is 1.02. The fraction of sp³-hybridized carbons (Fsp3) is 0.565. The second kappa shape index (κ2) is 8.00. The van der Waals surface area contributed by atoms with Crippen molar-refractivity contribution in [3.8, 4) is 0 Å². The van der Waals surface area contributed by atoms with Crippen LogP contribution in [-0.4, -0.2) is 11.1 Å². The van der Waals surface area contributed by atoms with Crippen molar-refractivity contribution in [1.29, 1.82) is 0 Å². The van der Waals surface area contributed by atoms with E-state index in [0.29, 0.717) is 35.6 Å². The molecule has 1 nitrogen and oxygen atoms in total. The first-order valence-corrected chi connectivity index (χ1v) is 10.6. The maximum absolute atomic E-state index is 12.3. The Labute approximate surface area is 155 Å². The van der Waals surface area contributed by atoms with Gasteiger partial charge in [-0.15, -0.1) is 0 Å². The Morgan fingerprint density at radius 2 is 1.52 bits per heavy atom. The molecule has 0 aromatic heterocycles. The van der Waals surface area contributed by atoms with Crippen LogP contribution in [0.1, 0.15) is 107 Å². The number of carbonyl (C=O) groups is 1. The molecule has 2 rings (SSSR count). The zero-order valence-corrected chi connectivity index (χ0v) is 18.0. The summed E-state index contributed by atoms with van der Waals surface area (Å²) >= 11 is 0. The van der Waals surface area contributed by atoms with E-state index in [2.05, 4.69) is 66.7 Å². The summed E-state index contributed by atoms with van der Waals surface area (Å²) in [6.45, 7) is 17.8. The van der Waals surface area contributed by atoms with E-state index in [4.69, 9.17) is 0 Å². The van der Waals surface area contributed by atoms with Crippen molar-refractivity contribution >= 4 is 19.3 Å². The summed E-state index contributed by atoms with van der Waals surface area (Å²) in [7, 11) is 1.17. The van der Waals surface area contributed by atoms with Crippen LogP contribution in [0.3, 0.4) is 0 Å². The molecule has 136 valence electrons. The molecule has 0 radical (unpaired) electrons. The highest BCUT2D eigenvalue weighted by Crippen LogP contribution is 2.45. The van der Waals surface area contributed by atoms with Crippen LogP contribution in [0.5, 0.6) is 0 Å². The van der Waals surface area contributed by atoms with Crippen molar-refractivity contribution in [2.75, 3.05) is 0 Å². The molecular weight excluding hydrogens is 323 g/mol. The molecule has 0 N–H and O–H groups in total. The second-order valence-corrected chi connectivity index (χ2v) is 9.39. The third-order valence-electron chi connectivity index (χ3n) is 5.11. The molecule has 1 unspecified atom stereocenters. The number of carbonyl (C=O) groups excluding carboxylic acids is 1. The van der Waals surface area contributed by atoms with E-state index < -0.39 is 0 Å². The smallest absolute Gasteiger partial charge is 0.167 e. The fourth-order valence-electron chi connectivity index (χ4n) is 3.55. The van der Waals surface area contributed by atoms with E-state index in [9.17, 15) is 4.79 Å². The number of allylic oxidation sites excluding steroid dienone is 2. The van der Waals surface area contributed by atoms with Crippen LogP contribution >= 0.6 is 8.20 Å². The third-order valence-corrected chi connectivity index (χ3v) is 6.65. The zero-order valence-electron chi connectivity index (χ0n) is 17.1. The Hall–Kier alpha value is -1.20. The van der Waals surface area contributed by atoms with E-state index in [1.807, 2.05) is 6.92 Å². The Morgan fingerprint density at radius 3 is 1.92 bits per heavy atom. The average Bonchev–Trinajstić information content (AvgIpc) is 2.94. The maximum Gasteiger partial charge on any atom is 0.167 e. The first-order chi connectivity index (χ1) is 11.7. The highest BCUT2D eigenvalue weighted by molar-refractivity contribution is 7.46. The SMILES string of the molecule is CCC(=O)C1=PC(c2c(C(C)C)cc(C(C)C)cc2C(C)C)C=C1C. The van der Waals surface area contributed by atoms with Gasteiger partial charge < -0.3 is 0 Å². The number of benzene rings is 1. The standard InChI is InChI=1S/C23H33OP/c1-9-20(24)23-16(8)10-21(25-23)22-18(14(4)5)11-17(13(2)3)12-19(22)15(6)7/h10-15,21H,9H2,1-8H3. The molecule has 1 aromatic carbocycles. The molecule has 2 heteroatoms. The van der Waals surface area contributed by atoms with Crippen LogP contribution in [0, 0.1) is 0 Å². The van der Waals surface area contributed by atoms with Crippen LogP contribution < -0.4 is 0 Å². The minimum Gasteiger partial charge on any atom is -0.294 e. The van der Waals surface area contributed by atoms with Gasteiger partial charge in [0.25, 0.3) is 0 Å². The van der Waals surface area contributed by atoms with Crippen molar-refractivity contribution < 1.29 is 4.79 Å². The average molecular weight is 356 g/mol. The lowest BCUT2D eigenvalue weighted by Crippen LogP contribution is -2.09. The topological polar surface area (TPSA) is 17.1 Å². The van der Waals surface area contributed by atoms with Gasteiger partial charge in [0, 0.05) is 17.4 Å². The van der Waals surface area contributed by atoms with Crippen LogP contribution in [-0.2, 0) is 4.79 Å². The quantitative estimate of drug-likeness (QED) is 0.494. The van der Waals surface area contributed by atoms with Gasteiger partial charge in [0.15, 0.2) is 5.78 Å². The summed E-state index contributed by atoms with van der Waals surface area (Å²) in [6.07, 6.45) is 2.92. The molecule has 0 bridgehead atoms. The molecule has 0 aliphatic carbocycles. The highest BCUT2D eigenvalue weighted by Gasteiger charge is 2.27. The normalized spacial score (nSPS) is 18.1. The monoisotopic (exact) mass is 356 g/mol. The molecule has 1 aliphatic heterocycles. The van der Waals surface area contributed by atoms with Crippen LogP contribution in [0.2, 0.25) is 0 Å². The first-order valence-electron chi connectivity index (χ1n) is 9.64. The second-order valence-electron chi connectivity index (χ2n) is 8.13.